The third-order valence-corrected chi connectivity index (χ3v) is 4.99. The average Bonchev–Trinajstić information content (AvgIpc) is 3.24. The summed E-state index contributed by atoms with van der Waals surface area (Å²) in [7, 11) is 3.68. The Morgan fingerprint density at radius 2 is 1.82 bits per heavy atom. The predicted molar refractivity (Wildman–Crippen MR) is 115 cm³/mol. The number of aromatic nitrogens is 5. The number of fused-ring (bicyclic) bond motifs is 3. The summed E-state index contributed by atoms with van der Waals surface area (Å²) in [4.78, 5) is 22.0. The fourth-order valence-electron chi connectivity index (χ4n) is 3.55. The second-order valence-corrected chi connectivity index (χ2v) is 7.17. The summed E-state index contributed by atoms with van der Waals surface area (Å²) in [6.07, 6.45) is 3.35. The molecule has 1 N–H and O–H groups in total. The van der Waals surface area contributed by atoms with Gasteiger partial charge in [-0.2, -0.15) is 0 Å². The number of imidazole rings is 1. The van der Waals surface area contributed by atoms with Gasteiger partial charge >= 0.3 is 5.97 Å². The number of pyridine rings is 2. The summed E-state index contributed by atoms with van der Waals surface area (Å²) in [6, 6.07) is 13.0. The van der Waals surface area contributed by atoms with Gasteiger partial charge in [0.05, 0.1) is 17.5 Å². The Kier molecular flexibility index (Phi) is 7.00. The number of carboxylic acid groups (broad SMARTS) is 1. The van der Waals surface area contributed by atoms with Crippen LogP contribution in [0.25, 0.3) is 33.2 Å². The van der Waals surface area contributed by atoms with Gasteiger partial charge in [0.25, 0.3) is 0 Å². The molecule has 0 unspecified atom stereocenters. The van der Waals surface area contributed by atoms with E-state index in [4.69, 9.17) is 5.11 Å². The van der Waals surface area contributed by atoms with E-state index in [1.165, 1.54) is 0 Å². The third-order valence-electron chi connectivity index (χ3n) is 4.99. The first kappa shape index (κ1) is 24.2. The van der Waals surface area contributed by atoms with Crippen LogP contribution in [0.5, 0.6) is 0 Å². The number of halogens is 2. The van der Waals surface area contributed by atoms with Crippen LogP contribution in [-0.2, 0) is 34.2 Å². The third kappa shape index (κ3) is 4.67. The van der Waals surface area contributed by atoms with Crippen LogP contribution in [0.3, 0.4) is 0 Å². The first-order valence-corrected chi connectivity index (χ1v) is 9.56. The Morgan fingerprint density at radius 3 is 2.45 bits per heavy atom. The zero-order valence-electron chi connectivity index (χ0n) is 17.8. The number of benzene rings is 1. The van der Waals surface area contributed by atoms with E-state index in [9.17, 15) is 13.6 Å². The van der Waals surface area contributed by atoms with Gasteiger partial charge in [0.15, 0.2) is 0 Å². The van der Waals surface area contributed by atoms with Gasteiger partial charge in [0.1, 0.15) is 17.6 Å². The maximum Gasteiger partial charge on any atom is 0.354 e. The van der Waals surface area contributed by atoms with Crippen molar-refractivity contribution >= 4 is 27.8 Å². The Bertz CT molecular complexity index is 1480. The van der Waals surface area contributed by atoms with Crippen molar-refractivity contribution in [3.05, 3.63) is 78.1 Å². The smallest absolute Gasteiger partial charge is 0.354 e. The molecule has 7 nitrogen and oxygen atoms in total. The first-order chi connectivity index (χ1) is 15.3. The molecule has 0 atom stereocenters. The van der Waals surface area contributed by atoms with Crippen molar-refractivity contribution in [1.29, 1.82) is 0 Å². The quantitative estimate of drug-likeness (QED) is 0.234. The van der Waals surface area contributed by atoms with Gasteiger partial charge in [0, 0.05) is 62.4 Å². The van der Waals surface area contributed by atoms with E-state index in [2.05, 4.69) is 21.0 Å². The number of carboxylic acids is 1. The number of hydrogen-bond donors (Lipinski definition) is 1. The number of carbonyl (C=O) groups is 1. The maximum absolute atomic E-state index is 13.3. The van der Waals surface area contributed by atoms with E-state index in [0.29, 0.717) is 5.82 Å². The maximum atomic E-state index is 13.3. The number of para-hydroxylation sites is 1. The molecule has 0 spiro atoms. The Hall–Kier alpha value is -3.49. The average molecular weight is 627 g/mol. The van der Waals surface area contributed by atoms with Crippen LogP contribution in [0, 0.1) is 24.9 Å². The monoisotopic (exact) mass is 627 g/mol. The van der Waals surface area contributed by atoms with Crippen molar-refractivity contribution in [2.75, 3.05) is 0 Å². The van der Waals surface area contributed by atoms with E-state index in [1.54, 1.807) is 37.0 Å². The summed E-state index contributed by atoms with van der Waals surface area (Å²) in [5.74, 6) is -2.40. The molecule has 4 aromatic heterocycles. The molecule has 171 valence electrons. The topological polar surface area (TPSA) is 85.8 Å². The number of aromatic carboxylic acids is 1. The second kappa shape index (κ2) is 9.56. The molecule has 4 heterocycles. The van der Waals surface area contributed by atoms with Crippen LogP contribution in [0.15, 0.2) is 48.8 Å². The normalized spacial score (nSPS) is 10.6. The van der Waals surface area contributed by atoms with Gasteiger partial charge in [0.2, 0.25) is 0 Å². The Labute approximate surface area is 201 Å². The summed E-state index contributed by atoms with van der Waals surface area (Å²) in [5.41, 5.74) is 2.92. The fraction of sp³-hybridized carbons (Fsp3) is 0.130. The minimum absolute atomic E-state index is 0. The molecule has 0 saturated heterocycles. The Morgan fingerprint density at radius 1 is 1.09 bits per heavy atom. The molecule has 0 fully saturated rings. The molecule has 5 aromatic rings. The van der Waals surface area contributed by atoms with E-state index >= 15 is 0 Å². The van der Waals surface area contributed by atoms with Crippen LogP contribution >= 0.6 is 0 Å². The number of nitrogens with zero attached hydrogens (tertiary/aromatic N) is 5. The van der Waals surface area contributed by atoms with Gasteiger partial charge in [-0.3, -0.25) is 9.97 Å². The summed E-state index contributed by atoms with van der Waals surface area (Å²) >= 11 is 0. The minimum Gasteiger partial charge on any atom is -0.477 e. The molecule has 0 amide bonds. The number of aryl methyl sites for hydroxylation is 3. The molecule has 1 radical (unpaired) electrons. The van der Waals surface area contributed by atoms with E-state index in [0.717, 1.165) is 33.6 Å². The van der Waals surface area contributed by atoms with Gasteiger partial charge < -0.3 is 14.2 Å². The Balaban J connectivity index is 0.000000182. The second-order valence-electron chi connectivity index (χ2n) is 7.17. The summed E-state index contributed by atoms with van der Waals surface area (Å²) < 4.78 is 29.5. The van der Waals surface area contributed by atoms with Gasteiger partial charge in [-0.05, 0) is 19.1 Å². The molecule has 10 heteroatoms. The van der Waals surface area contributed by atoms with Gasteiger partial charge in [-0.15, -0.1) is 6.07 Å². The van der Waals surface area contributed by atoms with Crippen LogP contribution in [0.2, 0.25) is 0 Å². The fourth-order valence-corrected chi connectivity index (χ4v) is 3.55. The van der Waals surface area contributed by atoms with Crippen molar-refractivity contribution < 1.29 is 38.8 Å². The van der Waals surface area contributed by atoms with Crippen molar-refractivity contribution in [1.82, 2.24) is 24.1 Å². The summed E-state index contributed by atoms with van der Waals surface area (Å²) in [6.45, 7) is 1.79. The molecule has 1 aromatic carbocycles. The number of hydrogen-bond acceptors (Lipinski definition) is 4. The standard InChI is InChI=1S/C13H10N2O2.C10H8F2N3.Ir/c1-15-11-5-3-2-4-8(11)9-6-10(13(16)17)14-7-12(9)15;1-6-5-15(2)10(13-6)7-3-4-8(11)14-9(7)12;/h2-7H,1H3,(H,16,17);4-5H,1-2H3;/q;-1;. The molecular formula is C23H18F2IrN5O2-. The van der Waals surface area contributed by atoms with Crippen LogP contribution in [-0.4, -0.2) is 35.2 Å². The van der Waals surface area contributed by atoms with Crippen molar-refractivity contribution in [3.8, 4) is 11.4 Å². The minimum atomic E-state index is -1.00. The van der Waals surface area contributed by atoms with Crippen molar-refractivity contribution in [2.24, 2.45) is 14.1 Å². The predicted octanol–water partition coefficient (Wildman–Crippen LogP) is 4.29. The molecular weight excluding hydrogens is 608 g/mol. The van der Waals surface area contributed by atoms with E-state index < -0.39 is 17.9 Å². The SMILES string of the molecule is Cc1cn(C)c(-c2[c-]cc(F)nc2F)n1.Cn1c2ccccc2c2cc(C(=O)O)ncc21.[Ir]. The molecule has 0 bridgehead atoms. The van der Waals surface area contributed by atoms with Gasteiger partial charge in [-0.1, -0.05) is 29.8 Å². The zero-order valence-corrected chi connectivity index (χ0v) is 20.2. The molecule has 0 saturated carbocycles. The molecule has 0 aliphatic rings. The van der Waals surface area contributed by atoms with E-state index in [1.807, 2.05) is 35.9 Å². The summed E-state index contributed by atoms with van der Waals surface area (Å²) in [5, 5.41) is 10.9. The molecule has 5 rings (SSSR count). The number of rotatable bonds is 2. The molecule has 33 heavy (non-hydrogen) atoms. The van der Waals surface area contributed by atoms with Crippen LogP contribution < -0.4 is 0 Å². The molecule has 0 aliphatic heterocycles. The largest absolute Gasteiger partial charge is 0.477 e. The van der Waals surface area contributed by atoms with Crippen LogP contribution in [0.1, 0.15) is 16.2 Å². The van der Waals surface area contributed by atoms with Gasteiger partial charge in [-0.25, -0.2) is 18.6 Å². The van der Waals surface area contributed by atoms with Crippen molar-refractivity contribution in [2.45, 2.75) is 6.92 Å². The van der Waals surface area contributed by atoms with E-state index in [-0.39, 0.29) is 31.4 Å². The first-order valence-electron chi connectivity index (χ1n) is 9.56. The molecule has 0 aliphatic carbocycles. The van der Waals surface area contributed by atoms with Crippen molar-refractivity contribution in [3.63, 3.8) is 0 Å². The zero-order chi connectivity index (χ0) is 23.0. The van der Waals surface area contributed by atoms with Crippen LogP contribution in [0.4, 0.5) is 8.78 Å².